The van der Waals surface area contributed by atoms with Gasteiger partial charge in [-0.05, 0) is 94.7 Å². The Morgan fingerprint density at radius 2 is 1.46 bits per heavy atom. The molecular weight excluding hydrogens is 526 g/mol. The van der Waals surface area contributed by atoms with Crippen molar-refractivity contribution in [2.75, 3.05) is 19.6 Å². The number of likely N-dealkylation sites (N-methyl/N-ethyl adjacent to an activating group) is 1. The third-order valence-corrected chi connectivity index (χ3v) is 5.89. The molecule has 0 spiro atoms. The fourth-order valence-corrected chi connectivity index (χ4v) is 4.28. The van der Waals surface area contributed by atoms with Gasteiger partial charge < -0.3 is 14.6 Å². The highest BCUT2D eigenvalue weighted by Crippen LogP contribution is 2.31. The van der Waals surface area contributed by atoms with Crippen molar-refractivity contribution >= 4 is 67.0 Å². The van der Waals surface area contributed by atoms with Crippen molar-refractivity contribution in [2.24, 2.45) is 0 Å². The molecule has 2 aromatic carbocycles. The summed E-state index contributed by atoms with van der Waals surface area (Å²) in [6.45, 7) is 7.55. The monoisotopic (exact) mass is 548 g/mol. The molecule has 1 aromatic heterocycles. The predicted molar refractivity (Wildman–Crippen MR) is 119 cm³/mol. The van der Waals surface area contributed by atoms with Crippen LogP contribution in [0.5, 0.6) is 0 Å². The average molecular weight is 548 g/mol. The van der Waals surface area contributed by atoms with Crippen LogP contribution in [-0.2, 0) is 6.54 Å². The molecule has 5 heteroatoms. The molecule has 0 aliphatic carbocycles. The number of aromatic nitrogens is 1. The number of fused-ring (bicyclic) bond motifs is 3. The summed E-state index contributed by atoms with van der Waals surface area (Å²) in [6.07, 6.45) is -0.373. The zero-order chi connectivity index (χ0) is 17.3. The number of rotatable bonds is 6. The largest absolute Gasteiger partial charge is 0.390 e. The van der Waals surface area contributed by atoms with E-state index in [1.807, 2.05) is 0 Å². The van der Waals surface area contributed by atoms with Gasteiger partial charge in [0.1, 0.15) is 0 Å². The Hall–Kier alpha value is -0.380. The van der Waals surface area contributed by atoms with Crippen LogP contribution in [-0.4, -0.2) is 40.3 Å². The van der Waals surface area contributed by atoms with E-state index < -0.39 is 0 Å². The minimum Gasteiger partial charge on any atom is -0.390 e. The molecular formula is C19H22I2N2O. The van der Waals surface area contributed by atoms with Crippen molar-refractivity contribution in [3.05, 3.63) is 43.5 Å². The molecule has 128 valence electrons. The molecule has 3 aromatic rings. The van der Waals surface area contributed by atoms with E-state index in [4.69, 9.17) is 0 Å². The number of halogens is 2. The maximum atomic E-state index is 10.6. The lowest BCUT2D eigenvalue weighted by Gasteiger charge is -2.22. The second kappa shape index (κ2) is 7.88. The standard InChI is InChI=1S/C19H22I2N2O/c1-3-22(4-2)11-15(24)12-23-18-7-5-13(20)9-16(18)17-10-14(21)6-8-19(17)23/h5-10,15,24H,3-4,11-12H2,1-2H3/t15-/m1/s1. The molecule has 0 radical (unpaired) electrons. The lowest BCUT2D eigenvalue weighted by Crippen LogP contribution is -2.34. The normalized spacial score (nSPS) is 13.2. The molecule has 1 N–H and O–H groups in total. The van der Waals surface area contributed by atoms with E-state index in [0.29, 0.717) is 13.1 Å². The van der Waals surface area contributed by atoms with Crippen LogP contribution in [0.25, 0.3) is 21.8 Å². The number of aliphatic hydroxyl groups is 1. The van der Waals surface area contributed by atoms with Gasteiger partial charge in [0.15, 0.2) is 0 Å². The highest BCUT2D eigenvalue weighted by Gasteiger charge is 2.16. The summed E-state index contributed by atoms with van der Waals surface area (Å²) in [5.74, 6) is 0. The number of aliphatic hydroxyl groups excluding tert-OH is 1. The van der Waals surface area contributed by atoms with Crippen LogP contribution in [0, 0.1) is 7.14 Å². The van der Waals surface area contributed by atoms with E-state index in [-0.39, 0.29) is 6.10 Å². The van der Waals surface area contributed by atoms with Gasteiger partial charge in [0, 0.05) is 35.5 Å². The fraction of sp³-hybridized carbons (Fsp3) is 0.368. The summed E-state index contributed by atoms with van der Waals surface area (Å²) in [5.41, 5.74) is 2.40. The summed E-state index contributed by atoms with van der Waals surface area (Å²) in [7, 11) is 0. The van der Waals surface area contributed by atoms with E-state index in [9.17, 15) is 5.11 Å². The smallest absolute Gasteiger partial charge is 0.0845 e. The zero-order valence-electron chi connectivity index (χ0n) is 14.0. The highest BCUT2D eigenvalue weighted by molar-refractivity contribution is 14.1. The second-order valence-corrected chi connectivity index (χ2v) is 8.56. The quantitative estimate of drug-likeness (QED) is 0.453. The summed E-state index contributed by atoms with van der Waals surface area (Å²) in [5, 5.41) is 13.2. The lowest BCUT2D eigenvalue weighted by atomic mass is 10.2. The van der Waals surface area contributed by atoms with E-state index in [0.717, 1.165) is 13.1 Å². The van der Waals surface area contributed by atoms with Gasteiger partial charge in [0.2, 0.25) is 0 Å². The van der Waals surface area contributed by atoms with Gasteiger partial charge in [-0.2, -0.15) is 0 Å². The van der Waals surface area contributed by atoms with E-state index in [1.54, 1.807) is 0 Å². The van der Waals surface area contributed by atoms with Gasteiger partial charge >= 0.3 is 0 Å². The summed E-state index contributed by atoms with van der Waals surface area (Å²) < 4.78 is 4.74. The molecule has 0 bridgehead atoms. The fourth-order valence-electron chi connectivity index (χ4n) is 3.29. The Morgan fingerprint density at radius 1 is 0.958 bits per heavy atom. The van der Waals surface area contributed by atoms with Gasteiger partial charge in [0.05, 0.1) is 12.6 Å². The van der Waals surface area contributed by atoms with E-state index in [2.05, 4.69) is 105 Å². The Balaban J connectivity index is 2.05. The van der Waals surface area contributed by atoms with Crippen molar-refractivity contribution in [1.82, 2.24) is 9.47 Å². The van der Waals surface area contributed by atoms with Crippen LogP contribution < -0.4 is 0 Å². The Bertz CT molecular complexity index is 796. The molecule has 0 aliphatic heterocycles. The second-order valence-electron chi connectivity index (χ2n) is 6.07. The van der Waals surface area contributed by atoms with Crippen molar-refractivity contribution in [2.45, 2.75) is 26.5 Å². The lowest BCUT2D eigenvalue weighted by molar-refractivity contribution is 0.105. The first kappa shape index (κ1) is 18.4. The number of hydrogen-bond donors (Lipinski definition) is 1. The molecule has 0 aliphatic rings. The summed E-state index contributed by atoms with van der Waals surface area (Å²) in [4.78, 5) is 2.27. The van der Waals surface area contributed by atoms with Crippen molar-refractivity contribution < 1.29 is 5.11 Å². The van der Waals surface area contributed by atoms with Crippen LogP contribution in [0.3, 0.4) is 0 Å². The topological polar surface area (TPSA) is 28.4 Å². The Morgan fingerprint density at radius 3 is 1.92 bits per heavy atom. The van der Waals surface area contributed by atoms with Gasteiger partial charge in [0.25, 0.3) is 0 Å². The van der Waals surface area contributed by atoms with E-state index >= 15 is 0 Å². The first-order valence-corrected chi connectivity index (χ1v) is 10.5. The van der Waals surface area contributed by atoms with Crippen LogP contribution in [0.2, 0.25) is 0 Å². The Kier molecular flexibility index (Phi) is 6.05. The molecule has 1 atom stereocenters. The van der Waals surface area contributed by atoms with Crippen molar-refractivity contribution in [1.29, 1.82) is 0 Å². The van der Waals surface area contributed by atoms with Crippen LogP contribution in [0.1, 0.15) is 13.8 Å². The first-order valence-electron chi connectivity index (χ1n) is 8.31. The molecule has 24 heavy (non-hydrogen) atoms. The zero-order valence-corrected chi connectivity index (χ0v) is 18.3. The minimum absolute atomic E-state index is 0.373. The predicted octanol–water partition coefficient (Wildman–Crippen LogP) is 4.71. The maximum absolute atomic E-state index is 10.6. The molecule has 3 nitrogen and oxygen atoms in total. The molecule has 0 amide bonds. The molecule has 0 saturated carbocycles. The van der Waals surface area contributed by atoms with Gasteiger partial charge in [-0.15, -0.1) is 0 Å². The SMILES string of the molecule is CCN(CC)C[C@@H](O)Cn1c2ccc(I)cc2c2cc(I)ccc21. The summed E-state index contributed by atoms with van der Waals surface area (Å²) in [6, 6.07) is 13.1. The number of benzene rings is 2. The maximum Gasteiger partial charge on any atom is 0.0845 e. The van der Waals surface area contributed by atoms with Gasteiger partial charge in [-0.3, -0.25) is 0 Å². The minimum atomic E-state index is -0.373. The van der Waals surface area contributed by atoms with Gasteiger partial charge in [-0.25, -0.2) is 0 Å². The molecule has 3 rings (SSSR count). The van der Waals surface area contributed by atoms with Gasteiger partial charge in [-0.1, -0.05) is 13.8 Å². The van der Waals surface area contributed by atoms with Crippen LogP contribution >= 0.6 is 45.2 Å². The molecule has 0 unspecified atom stereocenters. The van der Waals surface area contributed by atoms with Crippen LogP contribution in [0.4, 0.5) is 0 Å². The number of hydrogen-bond acceptors (Lipinski definition) is 2. The Labute approximate surface area is 170 Å². The molecule has 1 heterocycles. The van der Waals surface area contributed by atoms with Crippen molar-refractivity contribution in [3.8, 4) is 0 Å². The van der Waals surface area contributed by atoms with E-state index in [1.165, 1.54) is 28.9 Å². The first-order chi connectivity index (χ1) is 11.5. The summed E-state index contributed by atoms with van der Waals surface area (Å²) >= 11 is 4.73. The average Bonchev–Trinajstić information content (AvgIpc) is 2.85. The molecule has 0 saturated heterocycles. The van der Waals surface area contributed by atoms with Crippen LogP contribution in [0.15, 0.2) is 36.4 Å². The molecule has 0 fully saturated rings. The van der Waals surface area contributed by atoms with Crippen molar-refractivity contribution in [3.63, 3.8) is 0 Å². The third-order valence-electron chi connectivity index (χ3n) is 4.55. The third kappa shape index (κ3) is 3.73. The number of nitrogens with zero attached hydrogens (tertiary/aromatic N) is 2. The highest BCUT2D eigenvalue weighted by atomic mass is 127.